The van der Waals surface area contributed by atoms with Crippen molar-refractivity contribution in [3.63, 3.8) is 0 Å². The van der Waals surface area contributed by atoms with Gasteiger partial charge in [-0.2, -0.15) is 0 Å². The summed E-state index contributed by atoms with van der Waals surface area (Å²) in [4.78, 5) is 11.6. The molecule has 1 rings (SSSR count). The molecule has 13 heavy (non-hydrogen) atoms. The van der Waals surface area contributed by atoms with Gasteiger partial charge in [0.05, 0.1) is 6.61 Å². The van der Waals surface area contributed by atoms with Crippen LogP contribution in [0.15, 0.2) is 11.8 Å². The fourth-order valence-corrected chi connectivity index (χ4v) is 1.32. The molecule has 0 N–H and O–H groups in total. The van der Waals surface area contributed by atoms with Crippen LogP contribution >= 0.6 is 0 Å². The van der Waals surface area contributed by atoms with Crippen molar-refractivity contribution in [3.8, 4) is 0 Å². The zero-order valence-electron chi connectivity index (χ0n) is 8.72. The molecule has 2 heteroatoms. The molecule has 0 bridgehead atoms. The average molecular weight is 182 g/mol. The second-order valence-corrected chi connectivity index (χ2v) is 4.72. The van der Waals surface area contributed by atoms with Crippen molar-refractivity contribution in [2.24, 2.45) is 5.41 Å². The highest BCUT2D eigenvalue weighted by Crippen LogP contribution is 2.22. The molecule has 0 aromatic carbocycles. The molecule has 0 amide bonds. The second kappa shape index (κ2) is 3.95. The number of hydrogen-bond acceptors (Lipinski definition) is 2. The van der Waals surface area contributed by atoms with Crippen LogP contribution in [-0.4, -0.2) is 12.4 Å². The van der Waals surface area contributed by atoms with Crippen LogP contribution in [0.4, 0.5) is 0 Å². The average Bonchev–Trinajstić information content (AvgIpc) is 2.03. The first-order chi connectivity index (χ1) is 5.99. The van der Waals surface area contributed by atoms with Gasteiger partial charge in [-0.15, -0.1) is 0 Å². The molecule has 0 atom stereocenters. The van der Waals surface area contributed by atoms with Gasteiger partial charge in [-0.3, -0.25) is 4.79 Å². The number of carbonyl (C=O) groups excluding carboxylic acids is 1. The predicted molar refractivity (Wildman–Crippen MR) is 52.3 cm³/mol. The van der Waals surface area contributed by atoms with E-state index in [0.29, 0.717) is 18.8 Å². The van der Waals surface area contributed by atoms with E-state index in [1.54, 1.807) is 0 Å². The normalized spacial score (nSPS) is 17.6. The van der Waals surface area contributed by atoms with E-state index in [1.807, 2.05) is 6.08 Å². The third-order valence-electron chi connectivity index (χ3n) is 1.90. The Morgan fingerprint density at radius 2 is 2.23 bits per heavy atom. The Labute approximate surface area is 80.0 Å². The van der Waals surface area contributed by atoms with Gasteiger partial charge in [0.1, 0.15) is 0 Å². The maximum absolute atomic E-state index is 11.6. The number of allylic oxidation sites excluding steroid dienone is 2. The third-order valence-corrected chi connectivity index (χ3v) is 1.90. The van der Waals surface area contributed by atoms with Gasteiger partial charge in [-0.1, -0.05) is 20.8 Å². The minimum atomic E-state index is 0.0543. The summed E-state index contributed by atoms with van der Waals surface area (Å²) < 4.78 is 5.30. The molecule has 0 unspecified atom stereocenters. The summed E-state index contributed by atoms with van der Waals surface area (Å²) in [5, 5.41) is 0. The van der Waals surface area contributed by atoms with Crippen molar-refractivity contribution in [2.45, 2.75) is 40.0 Å². The van der Waals surface area contributed by atoms with Gasteiger partial charge < -0.3 is 4.74 Å². The summed E-state index contributed by atoms with van der Waals surface area (Å²) >= 11 is 0. The lowest BCUT2D eigenvalue weighted by Crippen LogP contribution is -2.17. The summed E-state index contributed by atoms with van der Waals surface area (Å²) in [6, 6.07) is 0. The van der Waals surface area contributed by atoms with Crippen LogP contribution in [0.1, 0.15) is 40.0 Å². The lowest BCUT2D eigenvalue weighted by molar-refractivity contribution is -0.120. The Morgan fingerprint density at radius 3 is 2.69 bits per heavy atom. The van der Waals surface area contributed by atoms with Gasteiger partial charge in [0, 0.05) is 6.42 Å². The van der Waals surface area contributed by atoms with Crippen LogP contribution in [0.25, 0.3) is 0 Å². The second-order valence-electron chi connectivity index (χ2n) is 4.72. The zero-order chi connectivity index (χ0) is 9.90. The summed E-state index contributed by atoms with van der Waals surface area (Å²) in [5.74, 6) is 0.730. The summed E-state index contributed by atoms with van der Waals surface area (Å²) in [5.41, 5.74) is 0.0543. The molecule has 0 fully saturated rings. The molecule has 1 heterocycles. The number of Topliss-reactive ketones (excluding diaryl/α,β-unsaturated/α-hetero) is 1. The smallest absolute Gasteiger partial charge is 0.197 e. The van der Waals surface area contributed by atoms with Crippen molar-refractivity contribution >= 4 is 5.78 Å². The lowest BCUT2D eigenvalue weighted by Gasteiger charge is -2.19. The quantitative estimate of drug-likeness (QED) is 0.656. The fraction of sp³-hybridized carbons (Fsp3) is 0.727. The van der Waals surface area contributed by atoms with Gasteiger partial charge in [0.15, 0.2) is 11.5 Å². The minimum absolute atomic E-state index is 0.0543. The van der Waals surface area contributed by atoms with E-state index in [-0.39, 0.29) is 11.2 Å². The van der Waals surface area contributed by atoms with Gasteiger partial charge in [0.25, 0.3) is 0 Å². The molecule has 0 aliphatic carbocycles. The van der Waals surface area contributed by atoms with E-state index >= 15 is 0 Å². The molecule has 0 saturated heterocycles. The van der Waals surface area contributed by atoms with Gasteiger partial charge in [-0.25, -0.2) is 0 Å². The van der Waals surface area contributed by atoms with Crippen LogP contribution in [0, 0.1) is 5.41 Å². The van der Waals surface area contributed by atoms with Crippen molar-refractivity contribution in [3.05, 3.63) is 11.8 Å². The van der Waals surface area contributed by atoms with Crippen molar-refractivity contribution in [1.82, 2.24) is 0 Å². The molecule has 0 aromatic rings. The van der Waals surface area contributed by atoms with E-state index in [2.05, 4.69) is 20.8 Å². The molecule has 0 spiro atoms. The first-order valence-corrected chi connectivity index (χ1v) is 4.85. The third kappa shape index (κ3) is 3.62. The van der Waals surface area contributed by atoms with Crippen molar-refractivity contribution in [2.75, 3.05) is 6.61 Å². The Balaban J connectivity index is 2.52. The van der Waals surface area contributed by atoms with E-state index in [9.17, 15) is 4.79 Å². The van der Waals surface area contributed by atoms with E-state index in [4.69, 9.17) is 4.74 Å². The molecule has 1 aliphatic rings. The number of carbonyl (C=O) groups is 1. The van der Waals surface area contributed by atoms with Crippen LogP contribution in [0.5, 0.6) is 0 Å². The Hall–Kier alpha value is -0.790. The van der Waals surface area contributed by atoms with Crippen LogP contribution < -0.4 is 0 Å². The molecule has 0 aromatic heterocycles. The fourth-order valence-electron chi connectivity index (χ4n) is 1.32. The van der Waals surface area contributed by atoms with Gasteiger partial charge >= 0.3 is 0 Å². The maximum atomic E-state index is 11.6. The molecule has 0 radical (unpaired) electrons. The number of ketones is 1. The topological polar surface area (TPSA) is 26.3 Å². The largest absolute Gasteiger partial charge is 0.490 e. The number of hydrogen-bond donors (Lipinski definition) is 0. The van der Waals surface area contributed by atoms with E-state index in [0.717, 1.165) is 12.8 Å². The molecular formula is C11H18O2. The van der Waals surface area contributed by atoms with Gasteiger partial charge in [0.2, 0.25) is 0 Å². The highest BCUT2D eigenvalue weighted by molar-refractivity contribution is 5.93. The molecule has 1 aliphatic heterocycles. The summed E-state index contributed by atoms with van der Waals surface area (Å²) in [6.45, 7) is 6.89. The zero-order valence-corrected chi connectivity index (χ0v) is 8.72. The lowest BCUT2D eigenvalue weighted by atomic mass is 9.89. The summed E-state index contributed by atoms with van der Waals surface area (Å²) in [7, 11) is 0. The van der Waals surface area contributed by atoms with Crippen molar-refractivity contribution < 1.29 is 9.53 Å². The van der Waals surface area contributed by atoms with Gasteiger partial charge in [-0.05, 0) is 24.3 Å². The first-order valence-electron chi connectivity index (χ1n) is 4.85. The highest BCUT2D eigenvalue weighted by Gasteiger charge is 2.20. The van der Waals surface area contributed by atoms with Crippen LogP contribution in [0.3, 0.4) is 0 Å². The molecular weight excluding hydrogens is 164 g/mol. The highest BCUT2D eigenvalue weighted by atomic mass is 16.5. The Morgan fingerprint density at radius 1 is 1.54 bits per heavy atom. The monoisotopic (exact) mass is 182 g/mol. The maximum Gasteiger partial charge on any atom is 0.197 e. The van der Waals surface area contributed by atoms with E-state index in [1.165, 1.54) is 0 Å². The molecule has 74 valence electrons. The Bertz CT molecular complexity index is 221. The first kappa shape index (κ1) is 10.3. The number of ether oxygens (including phenoxy) is 1. The molecule has 2 nitrogen and oxygen atoms in total. The SMILES string of the molecule is CC(C)(C)CC(=O)C1=CCCCO1. The van der Waals surface area contributed by atoms with Crippen molar-refractivity contribution in [1.29, 1.82) is 0 Å². The van der Waals surface area contributed by atoms with Crippen LogP contribution in [0.2, 0.25) is 0 Å². The minimum Gasteiger partial charge on any atom is -0.490 e. The van der Waals surface area contributed by atoms with E-state index < -0.39 is 0 Å². The number of rotatable bonds is 2. The summed E-state index contributed by atoms with van der Waals surface area (Å²) in [6.07, 6.45) is 4.49. The molecule has 0 saturated carbocycles. The predicted octanol–water partition coefficient (Wildman–Crippen LogP) is 2.69. The standard InChI is InChI=1S/C11H18O2/c1-11(2,3)8-9(12)10-6-4-5-7-13-10/h6H,4-5,7-8H2,1-3H3. The van der Waals surface area contributed by atoms with Crippen LogP contribution in [-0.2, 0) is 9.53 Å². The Kier molecular flexibility index (Phi) is 3.12.